The molecule has 1 heterocycles. The van der Waals surface area contributed by atoms with Crippen LogP contribution >= 0.6 is 0 Å². The first-order valence-corrected chi connectivity index (χ1v) is 6.80. The van der Waals surface area contributed by atoms with E-state index in [0.29, 0.717) is 17.0 Å². The van der Waals surface area contributed by atoms with Crippen molar-refractivity contribution in [1.29, 1.82) is 0 Å². The Morgan fingerprint density at radius 2 is 1.33 bits per heavy atom. The lowest BCUT2D eigenvalue weighted by molar-refractivity contribution is -0.909. The molecule has 0 fully saturated rings. The van der Waals surface area contributed by atoms with Gasteiger partial charge in [-0.1, -0.05) is 23.4 Å². The van der Waals surface area contributed by atoms with Gasteiger partial charge in [0.25, 0.3) is 11.1 Å². The fourth-order valence-electron chi connectivity index (χ4n) is 2.86. The summed E-state index contributed by atoms with van der Waals surface area (Å²) in [4.78, 5) is 0. The van der Waals surface area contributed by atoms with Crippen LogP contribution in [0, 0.1) is 0 Å². The number of hydroxylamine groups is 2. The van der Waals surface area contributed by atoms with Crippen molar-refractivity contribution in [2.24, 2.45) is 5.16 Å². The Morgan fingerprint density at radius 1 is 0.857 bits per heavy atom. The van der Waals surface area contributed by atoms with Gasteiger partial charge in [0.15, 0.2) is 5.71 Å². The molecular weight excluding hydrogens is 270 g/mol. The van der Waals surface area contributed by atoms with Gasteiger partial charge in [-0.3, -0.25) is 10.4 Å². The van der Waals surface area contributed by atoms with Crippen molar-refractivity contribution in [1.82, 2.24) is 0 Å². The molecule has 1 aromatic carbocycles. The molecule has 0 saturated carbocycles. The van der Waals surface area contributed by atoms with Gasteiger partial charge in [-0.25, -0.2) is 0 Å². The molecule has 6 nitrogen and oxygen atoms in total. The summed E-state index contributed by atoms with van der Waals surface area (Å²) in [5.74, 6) is 0. The topological polar surface area (TPSA) is 79.1 Å². The Hall–Kier alpha value is -2.37. The molecule has 3 N–H and O–H groups in total. The van der Waals surface area contributed by atoms with Crippen molar-refractivity contribution in [2.45, 2.75) is 38.8 Å². The molecule has 1 aliphatic heterocycles. The minimum atomic E-state index is -0.793. The van der Waals surface area contributed by atoms with Gasteiger partial charge in [-0.15, -0.1) is 0 Å². The predicted molar refractivity (Wildman–Crippen MR) is 76.1 cm³/mol. The Balaban J connectivity index is 2.47. The van der Waals surface area contributed by atoms with E-state index in [2.05, 4.69) is 5.16 Å². The molecule has 0 aromatic heterocycles. The molecular formula is C15H19N3O3+2. The van der Waals surface area contributed by atoms with E-state index in [4.69, 9.17) is 0 Å². The SMILES string of the molecule is CC1(C)[N+](O)=C2C(=NO)c3ccccc3C2=[N+](O)C1(C)C. The molecule has 0 bridgehead atoms. The highest BCUT2D eigenvalue weighted by molar-refractivity contribution is 6.76. The second kappa shape index (κ2) is 3.84. The van der Waals surface area contributed by atoms with Crippen molar-refractivity contribution in [3.05, 3.63) is 35.4 Å². The van der Waals surface area contributed by atoms with Gasteiger partial charge in [0.05, 0.1) is 5.56 Å². The number of fused-ring (bicyclic) bond motifs is 3. The molecule has 1 aromatic rings. The van der Waals surface area contributed by atoms with Gasteiger partial charge in [-0.05, 0) is 10.8 Å². The maximum atomic E-state index is 10.7. The Labute approximate surface area is 122 Å². The van der Waals surface area contributed by atoms with E-state index in [9.17, 15) is 15.6 Å². The minimum Gasteiger partial charge on any atom is -0.410 e. The summed E-state index contributed by atoms with van der Waals surface area (Å²) in [6, 6.07) is 7.28. The van der Waals surface area contributed by atoms with E-state index in [-0.39, 0.29) is 5.71 Å². The van der Waals surface area contributed by atoms with Crippen molar-refractivity contribution < 1.29 is 25.1 Å². The maximum absolute atomic E-state index is 10.7. The molecule has 6 heteroatoms. The third kappa shape index (κ3) is 1.39. The van der Waals surface area contributed by atoms with Crippen LogP contribution in [-0.4, -0.2) is 53.3 Å². The molecule has 0 radical (unpaired) electrons. The van der Waals surface area contributed by atoms with Gasteiger partial charge in [0.1, 0.15) is 0 Å². The van der Waals surface area contributed by atoms with Crippen molar-refractivity contribution in [3.63, 3.8) is 0 Å². The summed E-state index contributed by atoms with van der Waals surface area (Å²) in [6.07, 6.45) is 0. The van der Waals surface area contributed by atoms with Crippen LogP contribution in [0.3, 0.4) is 0 Å². The number of hydrogen-bond acceptors (Lipinski definition) is 4. The van der Waals surface area contributed by atoms with Crippen LogP contribution in [-0.2, 0) is 0 Å². The van der Waals surface area contributed by atoms with Crippen LogP contribution in [0.2, 0.25) is 0 Å². The van der Waals surface area contributed by atoms with Gasteiger partial charge >= 0.3 is 11.4 Å². The smallest absolute Gasteiger partial charge is 0.356 e. The lowest BCUT2D eigenvalue weighted by atomic mass is 9.81. The Bertz CT molecular complexity index is 742. The van der Waals surface area contributed by atoms with Crippen LogP contribution in [0.5, 0.6) is 0 Å². The monoisotopic (exact) mass is 289 g/mol. The lowest BCUT2D eigenvalue weighted by Crippen LogP contribution is -2.65. The summed E-state index contributed by atoms with van der Waals surface area (Å²) in [6.45, 7) is 7.32. The minimum absolute atomic E-state index is 0.255. The molecule has 1 aliphatic carbocycles. The first-order chi connectivity index (χ1) is 9.75. The summed E-state index contributed by atoms with van der Waals surface area (Å²) in [5.41, 5.74) is 0.875. The first kappa shape index (κ1) is 13.6. The molecule has 0 atom stereocenters. The fraction of sp³-hybridized carbons (Fsp3) is 0.400. The van der Waals surface area contributed by atoms with Crippen molar-refractivity contribution >= 4 is 17.1 Å². The summed E-state index contributed by atoms with van der Waals surface area (Å²) < 4.78 is 2.25. The molecule has 110 valence electrons. The molecule has 3 rings (SSSR count). The van der Waals surface area contributed by atoms with Crippen molar-refractivity contribution in [3.8, 4) is 0 Å². The van der Waals surface area contributed by atoms with Gasteiger partial charge < -0.3 is 5.21 Å². The molecule has 0 spiro atoms. The highest BCUT2D eigenvalue weighted by atomic mass is 16.5. The lowest BCUT2D eigenvalue weighted by Gasteiger charge is -2.31. The second-order valence-corrected chi connectivity index (χ2v) is 6.43. The van der Waals surface area contributed by atoms with Gasteiger partial charge in [0, 0.05) is 38.0 Å². The third-order valence-corrected chi connectivity index (χ3v) is 4.97. The normalized spacial score (nSPS) is 24.3. The van der Waals surface area contributed by atoms with E-state index in [1.165, 1.54) is 0 Å². The number of rotatable bonds is 0. The zero-order chi connectivity index (χ0) is 15.6. The van der Waals surface area contributed by atoms with Crippen LogP contribution in [0.25, 0.3) is 0 Å². The van der Waals surface area contributed by atoms with E-state index in [1.807, 2.05) is 45.9 Å². The second-order valence-electron chi connectivity index (χ2n) is 6.43. The third-order valence-electron chi connectivity index (χ3n) is 4.97. The van der Waals surface area contributed by atoms with Gasteiger partial charge in [-0.2, -0.15) is 0 Å². The zero-order valence-electron chi connectivity index (χ0n) is 12.5. The van der Waals surface area contributed by atoms with E-state index >= 15 is 0 Å². The average molecular weight is 289 g/mol. The zero-order valence-corrected chi connectivity index (χ0v) is 12.5. The summed E-state index contributed by atoms with van der Waals surface area (Å²) in [7, 11) is 0. The van der Waals surface area contributed by atoms with Crippen LogP contribution < -0.4 is 0 Å². The fourth-order valence-corrected chi connectivity index (χ4v) is 2.86. The quantitative estimate of drug-likeness (QED) is 0.384. The van der Waals surface area contributed by atoms with E-state index in [0.717, 1.165) is 15.0 Å². The van der Waals surface area contributed by atoms with Crippen LogP contribution in [0.4, 0.5) is 0 Å². The number of nitrogens with zero attached hydrogens (tertiary/aromatic N) is 3. The number of oxime groups is 1. The largest absolute Gasteiger partial charge is 0.410 e. The summed E-state index contributed by atoms with van der Waals surface area (Å²) in [5, 5.41) is 34.1. The number of hydrogen-bond donors (Lipinski definition) is 3. The average Bonchev–Trinajstić information content (AvgIpc) is 2.78. The Kier molecular flexibility index (Phi) is 2.49. The highest BCUT2D eigenvalue weighted by Crippen LogP contribution is 2.35. The molecule has 0 saturated heterocycles. The van der Waals surface area contributed by atoms with Crippen LogP contribution in [0.1, 0.15) is 38.8 Å². The van der Waals surface area contributed by atoms with Crippen molar-refractivity contribution in [2.75, 3.05) is 0 Å². The van der Waals surface area contributed by atoms with Gasteiger partial charge in [0.2, 0.25) is 0 Å². The molecule has 21 heavy (non-hydrogen) atoms. The van der Waals surface area contributed by atoms with Crippen LogP contribution in [0.15, 0.2) is 29.4 Å². The maximum Gasteiger partial charge on any atom is 0.356 e. The standard InChI is InChI=1S/C15H18N3O3/c1-14(2)15(3,4)18(21)13-11(16-19)9-7-5-6-8-10(9)12(13)17(14)20/h5-8H,1-4H3,(H2,19,20,21)/q+1/p+1. The first-order valence-electron chi connectivity index (χ1n) is 6.80. The molecule has 0 amide bonds. The Morgan fingerprint density at radius 3 is 1.86 bits per heavy atom. The number of benzene rings is 1. The predicted octanol–water partition coefficient (Wildman–Crippen LogP) is 1.48. The summed E-state index contributed by atoms with van der Waals surface area (Å²) >= 11 is 0. The highest BCUT2D eigenvalue weighted by Gasteiger charge is 2.67. The van der Waals surface area contributed by atoms with E-state index < -0.39 is 11.1 Å². The van der Waals surface area contributed by atoms with E-state index in [1.54, 1.807) is 6.07 Å². The molecule has 2 aliphatic rings. The molecule has 0 unspecified atom stereocenters.